The Morgan fingerprint density at radius 3 is 2.58 bits per heavy atom. The van der Waals surface area contributed by atoms with Gasteiger partial charge in [-0.2, -0.15) is 0 Å². The number of carboxylic acids is 1. The molecular weight excluding hydrogens is 464 g/mol. The fraction of sp³-hybridized carbons (Fsp3) is 0.0870. The van der Waals surface area contributed by atoms with Crippen LogP contribution in [0.5, 0.6) is 0 Å². The van der Waals surface area contributed by atoms with Crippen LogP contribution in [0.1, 0.15) is 22.9 Å². The van der Waals surface area contributed by atoms with Crippen LogP contribution in [0.3, 0.4) is 0 Å². The largest absolute Gasteiger partial charge is 0.547 e. The molecule has 1 amide bonds. The normalized spacial score (nSPS) is 15.8. The van der Waals surface area contributed by atoms with Crippen LogP contribution in [0.2, 0.25) is 0 Å². The van der Waals surface area contributed by atoms with Gasteiger partial charge in [0, 0.05) is 12.1 Å². The van der Waals surface area contributed by atoms with Crippen LogP contribution in [0, 0.1) is 17.0 Å². The molecule has 0 radical (unpaired) electrons. The average Bonchev–Trinajstić information content (AvgIpc) is 3.34. The Balaban J connectivity index is 1.65. The smallest absolute Gasteiger partial charge is 0.280 e. The number of nitro benzene ring substituents is 1. The Kier molecular flexibility index (Phi) is 6.12. The first kappa shape index (κ1) is 22.4. The van der Waals surface area contributed by atoms with Gasteiger partial charge in [0.1, 0.15) is 21.9 Å². The summed E-state index contributed by atoms with van der Waals surface area (Å²) in [4.78, 5) is 37.0. The molecular formula is C23H15N2O6S2-. The maximum Gasteiger partial charge on any atom is 0.280 e. The molecule has 8 nitrogen and oxygen atoms in total. The molecule has 0 aliphatic carbocycles. The van der Waals surface area contributed by atoms with Gasteiger partial charge in [0.15, 0.2) is 0 Å². The molecule has 1 atom stereocenters. The molecule has 4 rings (SSSR count). The van der Waals surface area contributed by atoms with Gasteiger partial charge >= 0.3 is 0 Å². The number of hydrogen-bond acceptors (Lipinski definition) is 8. The Morgan fingerprint density at radius 2 is 1.91 bits per heavy atom. The maximum atomic E-state index is 13.0. The molecule has 10 heteroatoms. The highest BCUT2D eigenvalue weighted by atomic mass is 32.2. The van der Waals surface area contributed by atoms with E-state index in [-0.39, 0.29) is 26.4 Å². The lowest BCUT2D eigenvalue weighted by atomic mass is 10.1. The number of amides is 1. The number of hydrogen-bond donors (Lipinski definition) is 0. The van der Waals surface area contributed by atoms with Crippen LogP contribution in [0.25, 0.3) is 17.4 Å². The van der Waals surface area contributed by atoms with E-state index >= 15 is 0 Å². The summed E-state index contributed by atoms with van der Waals surface area (Å²) >= 11 is 6.22. The lowest BCUT2D eigenvalue weighted by molar-refractivity contribution is -0.384. The summed E-state index contributed by atoms with van der Waals surface area (Å²) < 4.78 is 5.81. The number of carbonyl (C=O) groups excluding carboxylic acids is 2. The molecule has 33 heavy (non-hydrogen) atoms. The number of furan rings is 1. The van der Waals surface area contributed by atoms with Crippen LogP contribution >= 0.6 is 24.0 Å². The third-order valence-electron chi connectivity index (χ3n) is 4.94. The molecule has 2 heterocycles. The van der Waals surface area contributed by atoms with Crippen LogP contribution in [-0.4, -0.2) is 26.0 Å². The van der Waals surface area contributed by atoms with Crippen LogP contribution < -0.4 is 5.11 Å². The van der Waals surface area contributed by atoms with Crippen molar-refractivity contribution in [3.63, 3.8) is 0 Å². The number of thiocarbonyl (C=S) groups is 1. The Morgan fingerprint density at radius 1 is 1.18 bits per heavy atom. The zero-order chi connectivity index (χ0) is 23.7. The first-order chi connectivity index (χ1) is 15.8. The standard InChI is InChI=1S/C23H16N2O6S2/c1-13-7-9-16(17(11-13)25(29)30)18-10-8-15(31-18)12-19-21(26)24(23(32)33-19)20(22(27)28)14-5-3-2-4-6-14/h2-12,20H,1H3,(H,27,28)/p-1/b19-12+/t20-/m0/s1. The summed E-state index contributed by atoms with van der Waals surface area (Å²) in [6.45, 7) is 1.75. The number of aryl methyl sites for hydroxylation is 1. The van der Waals surface area contributed by atoms with E-state index in [9.17, 15) is 24.8 Å². The predicted octanol–water partition coefficient (Wildman–Crippen LogP) is 3.86. The second kappa shape index (κ2) is 9.00. The number of rotatable bonds is 6. The number of thioether (sulfide) groups is 1. The van der Waals surface area contributed by atoms with Crippen molar-refractivity contribution in [1.82, 2.24) is 4.90 Å². The molecule has 0 N–H and O–H groups in total. The van der Waals surface area contributed by atoms with Gasteiger partial charge in [-0.15, -0.1) is 0 Å². The molecule has 1 saturated heterocycles. The van der Waals surface area contributed by atoms with Crippen molar-refractivity contribution in [2.75, 3.05) is 0 Å². The monoisotopic (exact) mass is 479 g/mol. The minimum absolute atomic E-state index is 0.0743. The molecule has 0 spiro atoms. The number of nitro groups is 1. The predicted molar refractivity (Wildman–Crippen MR) is 125 cm³/mol. The maximum absolute atomic E-state index is 13.0. The van der Waals surface area contributed by atoms with Gasteiger partial charge in [-0.1, -0.05) is 60.4 Å². The van der Waals surface area contributed by atoms with E-state index in [1.165, 1.54) is 12.1 Å². The molecule has 166 valence electrons. The van der Waals surface area contributed by atoms with Gasteiger partial charge in [-0.25, -0.2) is 0 Å². The van der Waals surface area contributed by atoms with Gasteiger partial charge in [0.05, 0.1) is 21.4 Å². The highest BCUT2D eigenvalue weighted by molar-refractivity contribution is 8.26. The van der Waals surface area contributed by atoms with Crippen LogP contribution in [-0.2, 0) is 9.59 Å². The van der Waals surface area contributed by atoms with Gasteiger partial charge < -0.3 is 14.3 Å². The number of aliphatic carboxylic acids is 1. The van der Waals surface area contributed by atoms with E-state index in [4.69, 9.17) is 16.6 Å². The van der Waals surface area contributed by atoms with E-state index in [2.05, 4.69) is 0 Å². The second-order valence-electron chi connectivity index (χ2n) is 7.16. The van der Waals surface area contributed by atoms with Crippen molar-refractivity contribution in [1.29, 1.82) is 0 Å². The lowest BCUT2D eigenvalue weighted by Gasteiger charge is -2.27. The van der Waals surface area contributed by atoms with E-state index in [1.807, 2.05) is 0 Å². The molecule has 1 aliphatic heterocycles. The third kappa shape index (κ3) is 4.43. The van der Waals surface area contributed by atoms with Crippen molar-refractivity contribution in [3.05, 3.63) is 92.6 Å². The molecule has 0 bridgehead atoms. The van der Waals surface area contributed by atoms with Crippen LogP contribution in [0.4, 0.5) is 5.69 Å². The summed E-state index contributed by atoms with van der Waals surface area (Å²) in [5.41, 5.74) is 1.31. The lowest BCUT2D eigenvalue weighted by Crippen LogP contribution is -2.43. The van der Waals surface area contributed by atoms with E-state index < -0.39 is 22.8 Å². The molecule has 0 unspecified atom stereocenters. The van der Waals surface area contributed by atoms with Crippen LogP contribution in [0.15, 0.2) is 70.0 Å². The molecule has 1 aliphatic rings. The van der Waals surface area contributed by atoms with Gasteiger partial charge in [-0.3, -0.25) is 19.8 Å². The Bertz CT molecular complexity index is 1320. The number of benzene rings is 2. The molecule has 2 aromatic carbocycles. The summed E-state index contributed by atoms with van der Waals surface area (Å²) in [5, 5.41) is 23.3. The summed E-state index contributed by atoms with van der Waals surface area (Å²) in [5.74, 6) is -1.52. The first-order valence-corrected chi connectivity index (χ1v) is 10.9. The minimum Gasteiger partial charge on any atom is -0.547 e. The summed E-state index contributed by atoms with van der Waals surface area (Å²) in [7, 11) is 0. The first-order valence-electron chi connectivity index (χ1n) is 9.64. The fourth-order valence-electron chi connectivity index (χ4n) is 3.43. The number of nitrogens with zero attached hydrogens (tertiary/aromatic N) is 2. The average molecular weight is 480 g/mol. The molecule has 1 aromatic heterocycles. The van der Waals surface area contributed by atoms with E-state index in [0.29, 0.717) is 11.1 Å². The zero-order valence-corrected chi connectivity index (χ0v) is 18.7. The van der Waals surface area contributed by atoms with Crippen molar-refractivity contribution >= 4 is 51.9 Å². The Hall–Kier alpha value is -3.76. The van der Waals surface area contributed by atoms with Crippen molar-refractivity contribution in [2.24, 2.45) is 0 Å². The Labute approximate surface area is 197 Å². The molecule has 3 aromatic rings. The highest BCUT2D eigenvalue weighted by Crippen LogP contribution is 2.39. The van der Waals surface area contributed by atoms with Gasteiger partial charge in [0.25, 0.3) is 11.6 Å². The fourth-order valence-corrected chi connectivity index (χ4v) is 4.73. The highest BCUT2D eigenvalue weighted by Gasteiger charge is 2.38. The molecule has 0 saturated carbocycles. The number of carbonyl (C=O) groups is 2. The summed E-state index contributed by atoms with van der Waals surface area (Å²) in [6.07, 6.45) is 1.43. The van der Waals surface area contributed by atoms with E-state index in [0.717, 1.165) is 22.2 Å². The van der Waals surface area contributed by atoms with Gasteiger partial charge in [-0.05, 0) is 36.2 Å². The zero-order valence-electron chi connectivity index (χ0n) is 17.1. The second-order valence-corrected chi connectivity index (χ2v) is 8.84. The van der Waals surface area contributed by atoms with Crippen molar-refractivity contribution < 1.29 is 24.0 Å². The topological polar surface area (TPSA) is 117 Å². The quantitative estimate of drug-likeness (QED) is 0.226. The summed E-state index contributed by atoms with van der Waals surface area (Å²) in [6, 6.07) is 14.8. The van der Waals surface area contributed by atoms with Gasteiger partial charge in [0.2, 0.25) is 0 Å². The molecule has 1 fully saturated rings. The van der Waals surface area contributed by atoms with Crippen molar-refractivity contribution in [2.45, 2.75) is 13.0 Å². The van der Waals surface area contributed by atoms with Crippen molar-refractivity contribution in [3.8, 4) is 11.3 Å². The number of carboxylic acid groups (broad SMARTS) is 1. The third-order valence-corrected chi connectivity index (χ3v) is 6.27. The SMILES string of the molecule is Cc1ccc(-c2ccc(/C=C3/SC(=S)N([C@H](C(=O)[O-])c4ccccc4)C3=O)o2)c([N+](=O)[O-])c1. The van der Waals surface area contributed by atoms with E-state index in [1.54, 1.807) is 61.5 Å². The minimum atomic E-state index is -1.45.